The summed E-state index contributed by atoms with van der Waals surface area (Å²) < 4.78 is 11.2. The molecule has 0 aliphatic carbocycles. The first kappa shape index (κ1) is 19.0. The molecule has 2 fully saturated rings. The topological polar surface area (TPSA) is 42.0 Å². The van der Waals surface area contributed by atoms with Crippen LogP contribution in [0.1, 0.15) is 18.4 Å². The van der Waals surface area contributed by atoms with E-state index in [2.05, 4.69) is 35.2 Å². The Morgan fingerprint density at radius 1 is 0.893 bits per heavy atom. The summed E-state index contributed by atoms with van der Waals surface area (Å²) in [5, 5.41) is 0. The molecule has 2 aliphatic rings. The summed E-state index contributed by atoms with van der Waals surface area (Å²) in [7, 11) is 0. The summed E-state index contributed by atoms with van der Waals surface area (Å²) in [6.07, 6.45) is 1.88. The minimum Gasteiger partial charge on any atom is -0.484 e. The maximum atomic E-state index is 12.7. The van der Waals surface area contributed by atoms with Crippen LogP contribution in [0.15, 0.2) is 60.7 Å². The van der Waals surface area contributed by atoms with Crippen LogP contribution >= 0.6 is 0 Å². The summed E-state index contributed by atoms with van der Waals surface area (Å²) in [5.41, 5.74) is 1.34. The molecular formula is C23H28N2O3. The molecule has 2 heterocycles. The highest BCUT2D eigenvalue weighted by molar-refractivity contribution is 5.78. The number of benzene rings is 2. The number of morpholine rings is 1. The molecule has 0 spiro atoms. The number of nitrogens with zero attached hydrogens (tertiary/aromatic N) is 2. The molecule has 5 nitrogen and oxygen atoms in total. The highest BCUT2D eigenvalue weighted by atomic mass is 16.5. The molecule has 5 heteroatoms. The minimum atomic E-state index is -0.0118. The first-order valence-corrected chi connectivity index (χ1v) is 10.1. The Morgan fingerprint density at radius 2 is 1.50 bits per heavy atom. The minimum absolute atomic E-state index is 0.0118. The molecule has 28 heavy (non-hydrogen) atoms. The van der Waals surface area contributed by atoms with Crippen molar-refractivity contribution in [1.29, 1.82) is 0 Å². The highest BCUT2D eigenvalue weighted by Crippen LogP contribution is 2.39. The molecule has 0 radical (unpaired) electrons. The van der Waals surface area contributed by atoms with E-state index in [-0.39, 0.29) is 18.1 Å². The van der Waals surface area contributed by atoms with Crippen LogP contribution < -0.4 is 4.74 Å². The van der Waals surface area contributed by atoms with E-state index in [1.54, 1.807) is 0 Å². The van der Waals surface area contributed by atoms with E-state index in [1.807, 2.05) is 35.2 Å². The summed E-state index contributed by atoms with van der Waals surface area (Å²) in [6, 6.07) is 20.3. The van der Waals surface area contributed by atoms with Crippen molar-refractivity contribution in [2.75, 3.05) is 46.0 Å². The summed E-state index contributed by atoms with van der Waals surface area (Å²) >= 11 is 0. The van der Waals surface area contributed by atoms with Gasteiger partial charge in [-0.1, -0.05) is 48.5 Å². The second kappa shape index (κ2) is 8.76. The van der Waals surface area contributed by atoms with Crippen molar-refractivity contribution in [1.82, 2.24) is 9.80 Å². The number of amides is 1. The number of hydrogen-bond acceptors (Lipinski definition) is 4. The smallest absolute Gasteiger partial charge is 0.260 e. The van der Waals surface area contributed by atoms with Gasteiger partial charge >= 0.3 is 0 Å². The van der Waals surface area contributed by atoms with E-state index in [0.717, 1.165) is 58.0 Å². The lowest BCUT2D eigenvalue weighted by Crippen LogP contribution is -2.57. The number of hydrogen-bond donors (Lipinski definition) is 0. The molecule has 0 unspecified atom stereocenters. The van der Waals surface area contributed by atoms with E-state index in [0.29, 0.717) is 0 Å². The third-order valence-corrected chi connectivity index (χ3v) is 5.98. The van der Waals surface area contributed by atoms with E-state index in [9.17, 15) is 4.79 Å². The Hall–Kier alpha value is -2.37. The zero-order chi connectivity index (χ0) is 19.2. The van der Waals surface area contributed by atoms with Gasteiger partial charge < -0.3 is 14.4 Å². The number of carbonyl (C=O) groups excluding carboxylic acids is 1. The summed E-state index contributed by atoms with van der Waals surface area (Å²) in [6.45, 7) is 5.05. The van der Waals surface area contributed by atoms with Crippen molar-refractivity contribution in [3.63, 3.8) is 0 Å². The van der Waals surface area contributed by atoms with Gasteiger partial charge in [0.25, 0.3) is 5.91 Å². The molecule has 0 atom stereocenters. The first-order chi connectivity index (χ1) is 13.8. The molecule has 0 saturated carbocycles. The van der Waals surface area contributed by atoms with Crippen LogP contribution in [0, 0.1) is 0 Å². The number of carbonyl (C=O) groups is 1. The van der Waals surface area contributed by atoms with Crippen molar-refractivity contribution in [3.8, 4) is 5.75 Å². The van der Waals surface area contributed by atoms with Gasteiger partial charge in [0.2, 0.25) is 0 Å². The maximum absolute atomic E-state index is 12.7. The van der Waals surface area contributed by atoms with Gasteiger partial charge in [-0.15, -0.1) is 0 Å². The van der Waals surface area contributed by atoms with Gasteiger partial charge in [0.1, 0.15) is 5.75 Å². The average molecular weight is 380 g/mol. The Morgan fingerprint density at radius 3 is 2.14 bits per heavy atom. The van der Waals surface area contributed by atoms with Crippen LogP contribution in [0.4, 0.5) is 0 Å². The predicted octanol–water partition coefficient (Wildman–Crippen LogP) is 2.92. The van der Waals surface area contributed by atoms with E-state index in [1.165, 1.54) is 5.56 Å². The van der Waals surface area contributed by atoms with Crippen molar-refractivity contribution in [2.45, 2.75) is 18.4 Å². The Bertz CT molecular complexity index is 752. The monoisotopic (exact) mass is 380 g/mol. The number of piperidine rings is 1. The van der Waals surface area contributed by atoms with E-state index >= 15 is 0 Å². The third-order valence-electron chi connectivity index (χ3n) is 5.98. The normalized spacial score (nSPS) is 19.9. The molecule has 148 valence electrons. The van der Waals surface area contributed by atoms with Gasteiger partial charge in [0, 0.05) is 31.7 Å². The second-order valence-corrected chi connectivity index (χ2v) is 7.48. The molecule has 2 saturated heterocycles. The van der Waals surface area contributed by atoms with Crippen LogP contribution in [0.3, 0.4) is 0 Å². The van der Waals surface area contributed by atoms with Crippen molar-refractivity contribution in [3.05, 3.63) is 66.2 Å². The SMILES string of the molecule is O=C(COc1ccccc1)N1CCC(c2ccccc2)(N2CCOCC2)CC1. The molecule has 2 aromatic rings. The lowest BCUT2D eigenvalue weighted by Gasteiger charge is -2.50. The van der Waals surface area contributed by atoms with Gasteiger partial charge in [-0.2, -0.15) is 0 Å². The van der Waals surface area contributed by atoms with Crippen molar-refractivity contribution >= 4 is 5.91 Å². The Labute approximate surface area is 166 Å². The average Bonchev–Trinajstić information content (AvgIpc) is 2.79. The number of likely N-dealkylation sites (tertiary alicyclic amines) is 1. The first-order valence-electron chi connectivity index (χ1n) is 10.1. The fourth-order valence-corrected chi connectivity index (χ4v) is 4.41. The zero-order valence-corrected chi connectivity index (χ0v) is 16.3. The van der Waals surface area contributed by atoms with Gasteiger partial charge in [0.05, 0.1) is 13.2 Å². The lowest BCUT2D eigenvalue weighted by atomic mass is 9.79. The number of rotatable bonds is 5. The molecule has 2 aromatic carbocycles. The highest BCUT2D eigenvalue weighted by Gasteiger charge is 2.42. The standard InChI is InChI=1S/C23H28N2O3/c26-22(19-28-21-9-5-2-6-10-21)24-13-11-23(12-14-24,20-7-3-1-4-8-20)25-15-17-27-18-16-25/h1-10H,11-19H2. The Kier molecular flexibility index (Phi) is 5.93. The number of para-hydroxylation sites is 1. The lowest BCUT2D eigenvalue weighted by molar-refractivity contribution is -0.137. The largest absolute Gasteiger partial charge is 0.484 e. The van der Waals surface area contributed by atoms with Crippen LogP contribution in [0.2, 0.25) is 0 Å². The van der Waals surface area contributed by atoms with Crippen LogP contribution in [-0.4, -0.2) is 61.7 Å². The predicted molar refractivity (Wildman–Crippen MR) is 108 cm³/mol. The van der Waals surface area contributed by atoms with Gasteiger partial charge in [-0.25, -0.2) is 0 Å². The summed E-state index contributed by atoms with van der Waals surface area (Å²) in [5.74, 6) is 0.798. The summed E-state index contributed by atoms with van der Waals surface area (Å²) in [4.78, 5) is 17.2. The Balaban J connectivity index is 1.42. The molecular weight excluding hydrogens is 352 g/mol. The van der Waals surface area contributed by atoms with Crippen LogP contribution in [-0.2, 0) is 15.1 Å². The van der Waals surface area contributed by atoms with Crippen LogP contribution in [0.25, 0.3) is 0 Å². The number of ether oxygens (including phenoxy) is 2. The second-order valence-electron chi connectivity index (χ2n) is 7.48. The molecule has 0 bridgehead atoms. The van der Waals surface area contributed by atoms with E-state index < -0.39 is 0 Å². The quantitative estimate of drug-likeness (QED) is 0.800. The fourth-order valence-electron chi connectivity index (χ4n) is 4.41. The van der Waals surface area contributed by atoms with E-state index in [4.69, 9.17) is 9.47 Å². The molecule has 4 rings (SSSR count). The molecule has 2 aliphatic heterocycles. The molecule has 0 N–H and O–H groups in total. The van der Waals surface area contributed by atoms with Crippen molar-refractivity contribution in [2.24, 2.45) is 0 Å². The third kappa shape index (κ3) is 4.05. The van der Waals surface area contributed by atoms with Crippen LogP contribution in [0.5, 0.6) is 5.75 Å². The maximum Gasteiger partial charge on any atom is 0.260 e. The van der Waals surface area contributed by atoms with Gasteiger partial charge in [-0.3, -0.25) is 9.69 Å². The molecule has 0 aromatic heterocycles. The molecule has 1 amide bonds. The van der Waals surface area contributed by atoms with Gasteiger partial charge in [-0.05, 0) is 30.5 Å². The van der Waals surface area contributed by atoms with Crippen molar-refractivity contribution < 1.29 is 14.3 Å². The fraction of sp³-hybridized carbons (Fsp3) is 0.435. The zero-order valence-electron chi connectivity index (χ0n) is 16.3. The van der Waals surface area contributed by atoms with Gasteiger partial charge in [0.15, 0.2) is 6.61 Å².